The molecular weight excluding hydrogens is 360 g/mol. The topological polar surface area (TPSA) is 68.9 Å². The first-order chi connectivity index (χ1) is 14.4. The second kappa shape index (κ2) is 6.17. The van der Waals surface area contributed by atoms with E-state index in [1.54, 1.807) is 24.8 Å². The third-order valence-electron chi connectivity index (χ3n) is 5.04. The van der Waals surface area contributed by atoms with Crippen LogP contribution in [-0.2, 0) is 0 Å². The van der Waals surface area contributed by atoms with E-state index in [1.165, 1.54) is 0 Å². The number of rotatable bonds is 2. The normalized spacial score (nSPS) is 11.4. The van der Waals surface area contributed by atoms with Crippen LogP contribution in [0, 0.1) is 0 Å². The Kier molecular flexibility index (Phi) is 3.37. The van der Waals surface area contributed by atoms with Gasteiger partial charge in [0.25, 0.3) is 0 Å². The summed E-state index contributed by atoms with van der Waals surface area (Å²) in [6.07, 6.45) is 9.03. The molecular formula is C23H14N6. The summed E-state index contributed by atoms with van der Waals surface area (Å²) in [7, 11) is 0. The zero-order chi connectivity index (χ0) is 19.2. The van der Waals surface area contributed by atoms with E-state index in [0.29, 0.717) is 0 Å². The largest absolute Gasteiger partial charge is 0.273 e. The summed E-state index contributed by atoms with van der Waals surface area (Å²) >= 11 is 0. The van der Waals surface area contributed by atoms with Gasteiger partial charge in [0.2, 0.25) is 0 Å². The fourth-order valence-corrected chi connectivity index (χ4v) is 3.82. The first-order valence-electron chi connectivity index (χ1n) is 9.27. The first-order valence-corrected chi connectivity index (χ1v) is 9.27. The van der Waals surface area contributed by atoms with Gasteiger partial charge in [0.1, 0.15) is 22.7 Å². The van der Waals surface area contributed by atoms with Crippen LogP contribution in [0.1, 0.15) is 0 Å². The van der Waals surface area contributed by atoms with E-state index in [2.05, 4.69) is 25.4 Å². The SMILES string of the molecule is c1ccc(-c2nc3c4ccncc4c4cccnc4n3c2-c2ccccn2)nc1. The van der Waals surface area contributed by atoms with Crippen molar-refractivity contribution in [3.8, 4) is 22.8 Å². The van der Waals surface area contributed by atoms with Crippen molar-refractivity contribution >= 4 is 27.5 Å². The minimum absolute atomic E-state index is 0.778. The van der Waals surface area contributed by atoms with Gasteiger partial charge in [-0.15, -0.1) is 0 Å². The molecule has 0 aliphatic rings. The van der Waals surface area contributed by atoms with Gasteiger partial charge in [0, 0.05) is 47.1 Å². The molecule has 0 atom stereocenters. The van der Waals surface area contributed by atoms with Gasteiger partial charge >= 0.3 is 0 Å². The molecule has 0 aromatic carbocycles. The maximum absolute atomic E-state index is 5.03. The van der Waals surface area contributed by atoms with Crippen molar-refractivity contribution in [2.75, 3.05) is 0 Å². The zero-order valence-electron chi connectivity index (χ0n) is 15.3. The summed E-state index contributed by atoms with van der Waals surface area (Å²) < 4.78 is 2.09. The third-order valence-corrected chi connectivity index (χ3v) is 5.04. The van der Waals surface area contributed by atoms with Gasteiger partial charge in [0.15, 0.2) is 0 Å². The van der Waals surface area contributed by atoms with Crippen molar-refractivity contribution in [2.45, 2.75) is 0 Å². The van der Waals surface area contributed by atoms with E-state index in [0.717, 1.165) is 50.2 Å². The van der Waals surface area contributed by atoms with E-state index in [1.807, 2.05) is 54.7 Å². The molecule has 6 heteroatoms. The lowest BCUT2D eigenvalue weighted by atomic mass is 10.1. The van der Waals surface area contributed by atoms with E-state index >= 15 is 0 Å². The molecule has 6 rings (SSSR count). The van der Waals surface area contributed by atoms with Crippen LogP contribution in [0.2, 0.25) is 0 Å². The Morgan fingerprint density at radius 2 is 1.34 bits per heavy atom. The van der Waals surface area contributed by atoms with E-state index < -0.39 is 0 Å². The number of imidazole rings is 1. The van der Waals surface area contributed by atoms with Gasteiger partial charge < -0.3 is 0 Å². The standard InChI is InChI=1S/C23H14N6/c1-3-10-25-18(7-1)20-21(19-8-2-4-11-26-19)29-22-15(6-5-12-27-22)17-14-24-13-9-16(17)23(29)28-20/h1-14H. The lowest BCUT2D eigenvalue weighted by Gasteiger charge is -2.09. The van der Waals surface area contributed by atoms with Crippen LogP contribution in [0.4, 0.5) is 0 Å². The highest BCUT2D eigenvalue weighted by atomic mass is 15.1. The number of fused-ring (bicyclic) bond motifs is 6. The van der Waals surface area contributed by atoms with Crippen LogP contribution in [0.5, 0.6) is 0 Å². The van der Waals surface area contributed by atoms with Crippen LogP contribution in [0.3, 0.4) is 0 Å². The van der Waals surface area contributed by atoms with Crippen LogP contribution in [0.25, 0.3) is 50.2 Å². The Balaban J connectivity index is 1.90. The fourth-order valence-electron chi connectivity index (χ4n) is 3.82. The summed E-state index contributed by atoms with van der Waals surface area (Å²) in [5.74, 6) is 0. The summed E-state index contributed by atoms with van der Waals surface area (Å²) in [6.45, 7) is 0. The van der Waals surface area contributed by atoms with Crippen molar-refractivity contribution in [1.29, 1.82) is 0 Å². The lowest BCUT2D eigenvalue weighted by Crippen LogP contribution is -1.97. The van der Waals surface area contributed by atoms with Crippen molar-refractivity contribution < 1.29 is 0 Å². The number of hydrogen-bond acceptors (Lipinski definition) is 5. The summed E-state index contributed by atoms with van der Waals surface area (Å²) in [5.41, 5.74) is 4.90. The Hall–Kier alpha value is -4.19. The third kappa shape index (κ3) is 2.32. The Morgan fingerprint density at radius 3 is 2.14 bits per heavy atom. The molecule has 0 unspecified atom stereocenters. The molecule has 6 nitrogen and oxygen atoms in total. The van der Waals surface area contributed by atoms with Gasteiger partial charge in [-0.05, 0) is 42.5 Å². The number of pyridine rings is 5. The molecule has 0 fully saturated rings. The summed E-state index contributed by atoms with van der Waals surface area (Å²) in [6, 6.07) is 17.7. The lowest BCUT2D eigenvalue weighted by molar-refractivity contribution is 1.18. The minimum atomic E-state index is 0.778. The predicted octanol–water partition coefficient (Wildman–Crippen LogP) is 4.55. The molecule has 0 saturated heterocycles. The quantitative estimate of drug-likeness (QED) is 0.416. The summed E-state index contributed by atoms with van der Waals surface area (Å²) in [5, 5.41) is 3.05. The molecule has 6 heterocycles. The molecule has 0 aliphatic heterocycles. The molecule has 0 amide bonds. The molecule has 136 valence electrons. The Labute approximate surface area is 165 Å². The van der Waals surface area contributed by atoms with Gasteiger partial charge in [-0.3, -0.25) is 19.4 Å². The van der Waals surface area contributed by atoms with E-state index in [9.17, 15) is 0 Å². The zero-order valence-corrected chi connectivity index (χ0v) is 15.3. The maximum Gasteiger partial charge on any atom is 0.147 e. The Morgan fingerprint density at radius 1 is 0.586 bits per heavy atom. The van der Waals surface area contributed by atoms with Crippen LogP contribution < -0.4 is 0 Å². The van der Waals surface area contributed by atoms with Crippen molar-refractivity contribution in [2.24, 2.45) is 0 Å². The van der Waals surface area contributed by atoms with Gasteiger partial charge in [-0.2, -0.15) is 0 Å². The molecule has 0 saturated carbocycles. The number of aromatic nitrogens is 6. The minimum Gasteiger partial charge on any atom is -0.273 e. The van der Waals surface area contributed by atoms with E-state index in [4.69, 9.17) is 9.97 Å². The van der Waals surface area contributed by atoms with Gasteiger partial charge in [-0.1, -0.05) is 12.1 Å². The molecule has 0 spiro atoms. The second-order valence-electron chi connectivity index (χ2n) is 6.69. The van der Waals surface area contributed by atoms with Crippen LogP contribution in [0.15, 0.2) is 85.6 Å². The second-order valence-corrected chi connectivity index (χ2v) is 6.69. The maximum atomic E-state index is 5.03. The molecule has 0 bridgehead atoms. The molecule has 6 aromatic heterocycles. The fraction of sp³-hybridized carbons (Fsp3) is 0. The average Bonchev–Trinajstić information content (AvgIpc) is 3.22. The van der Waals surface area contributed by atoms with E-state index in [-0.39, 0.29) is 0 Å². The smallest absolute Gasteiger partial charge is 0.147 e. The van der Waals surface area contributed by atoms with Crippen molar-refractivity contribution in [3.63, 3.8) is 0 Å². The average molecular weight is 374 g/mol. The number of hydrogen-bond donors (Lipinski definition) is 0. The number of nitrogens with zero attached hydrogens (tertiary/aromatic N) is 6. The highest BCUT2D eigenvalue weighted by Crippen LogP contribution is 2.36. The molecule has 0 aliphatic carbocycles. The monoisotopic (exact) mass is 374 g/mol. The molecule has 29 heavy (non-hydrogen) atoms. The van der Waals surface area contributed by atoms with Gasteiger partial charge in [-0.25, -0.2) is 9.97 Å². The van der Waals surface area contributed by atoms with Crippen molar-refractivity contribution in [1.82, 2.24) is 29.3 Å². The Bertz CT molecular complexity index is 1490. The van der Waals surface area contributed by atoms with Crippen LogP contribution >= 0.6 is 0 Å². The highest BCUT2D eigenvalue weighted by molar-refractivity contribution is 6.11. The van der Waals surface area contributed by atoms with Crippen LogP contribution in [-0.4, -0.2) is 29.3 Å². The first kappa shape index (κ1) is 15.8. The molecule has 6 aromatic rings. The van der Waals surface area contributed by atoms with Gasteiger partial charge in [0.05, 0.1) is 11.4 Å². The van der Waals surface area contributed by atoms with Crippen molar-refractivity contribution in [3.05, 3.63) is 85.6 Å². The molecule has 0 radical (unpaired) electrons. The molecule has 0 N–H and O–H groups in total. The summed E-state index contributed by atoms with van der Waals surface area (Å²) in [4.78, 5) is 23.2. The predicted molar refractivity (Wildman–Crippen MR) is 112 cm³/mol. The highest BCUT2D eigenvalue weighted by Gasteiger charge is 2.22.